The SMILES string of the molecule is Brc1cnc(I)c(OC2COC2)c1. The Hall–Kier alpha value is 0.120. The molecule has 70 valence electrons. The van der Waals surface area contributed by atoms with Crippen molar-refractivity contribution in [3.63, 3.8) is 0 Å². The van der Waals surface area contributed by atoms with Crippen molar-refractivity contribution in [3.8, 4) is 5.75 Å². The van der Waals surface area contributed by atoms with E-state index in [0.717, 1.165) is 13.9 Å². The van der Waals surface area contributed by atoms with Crippen molar-refractivity contribution in [2.45, 2.75) is 6.10 Å². The van der Waals surface area contributed by atoms with Crippen molar-refractivity contribution >= 4 is 38.5 Å². The Morgan fingerprint density at radius 2 is 2.38 bits per heavy atom. The third-order valence-electron chi connectivity index (χ3n) is 1.67. The van der Waals surface area contributed by atoms with Gasteiger partial charge >= 0.3 is 0 Å². The zero-order valence-corrected chi connectivity index (χ0v) is 10.4. The summed E-state index contributed by atoms with van der Waals surface area (Å²) in [6.07, 6.45) is 1.95. The van der Waals surface area contributed by atoms with Crippen molar-refractivity contribution in [2.75, 3.05) is 13.2 Å². The molecule has 1 fully saturated rings. The Labute approximate surface area is 98.1 Å². The largest absolute Gasteiger partial charge is 0.483 e. The molecule has 2 heterocycles. The topological polar surface area (TPSA) is 31.4 Å². The maximum atomic E-state index is 5.64. The summed E-state index contributed by atoms with van der Waals surface area (Å²) in [7, 11) is 0. The number of halogens is 2. The molecule has 0 atom stereocenters. The van der Waals surface area contributed by atoms with Crippen LogP contribution in [-0.4, -0.2) is 24.3 Å². The van der Waals surface area contributed by atoms with E-state index in [0.29, 0.717) is 13.2 Å². The van der Waals surface area contributed by atoms with Gasteiger partial charge in [-0.15, -0.1) is 0 Å². The first-order valence-corrected chi connectivity index (χ1v) is 5.68. The molecule has 0 aliphatic carbocycles. The molecule has 0 radical (unpaired) electrons. The molecule has 1 aliphatic rings. The lowest BCUT2D eigenvalue weighted by Crippen LogP contribution is -2.38. The fourth-order valence-corrected chi connectivity index (χ4v) is 1.68. The predicted molar refractivity (Wildman–Crippen MR) is 59.9 cm³/mol. The van der Waals surface area contributed by atoms with E-state index in [9.17, 15) is 0 Å². The van der Waals surface area contributed by atoms with E-state index in [1.165, 1.54) is 0 Å². The van der Waals surface area contributed by atoms with Crippen molar-refractivity contribution < 1.29 is 9.47 Å². The smallest absolute Gasteiger partial charge is 0.152 e. The molecule has 2 rings (SSSR count). The van der Waals surface area contributed by atoms with E-state index in [-0.39, 0.29) is 6.10 Å². The van der Waals surface area contributed by atoms with Crippen LogP contribution in [-0.2, 0) is 4.74 Å². The highest BCUT2D eigenvalue weighted by atomic mass is 127. The molecule has 0 spiro atoms. The second kappa shape index (κ2) is 4.10. The minimum atomic E-state index is 0.199. The first-order chi connectivity index (χ1) is 6.25. The van der Waals surface area contributed by atoms with E-state index >= 15 is 0 Å². The Balaban J connectivity index is 2.13. The molecule has 1 aromatic rings. The van der Waals surface area contributed by atoms with Gasteiger partial charge in [0.1, 0.15) is 9.80 Å². The molecule has 1 aromatic heterocycles. The Morgan fingerprint density at radius 3 is 3.00 bits per heavy atom. The molecule has 3 nitrogen and oxygen atoms in total. The van der Waals surface area contributed by atoms with Crippen molar-refractivity contribution in [1.82, 2.24) is 4.98 Å². The second-order valence-electron chi connectivity index (χ2n) is 2.72. The van der Waals surface area contributed by atoms with E-state index in [1.807, 2.05) is 6.07 Å². The molecule has 0 saturated carbocycles. The van der Waals surface area contributed by atoms with Crippen LogP contribution in [0.3, 0.4) is 0 Å². The first-order valence-electron chi connectivity index (χ1n) is 3.81. The molecule has 0 bridgehead atoms. The van der Waals surface area contributed by atoms with Crippen LogP contribution in [0, 0.1) is 3.70 Å². The molecule has 5 heteroatoms. The zero-order valence-electron chi connectivity index (χ0n) is 6.67. The lowest BCUT2D eigenvalue weighted by atomic mass is 10.3. The molecular weight excluding hydrogens is 349 g/mol. The predicted octanol–water partition coefficient (Wildman–Crippen LogP) is 2.23. The minimum Gasteiger partial charge on any atom is -0.483 e. The Kier molecular flexibility index (Phi) is 3.05. The van der Waals surface area contributed by atoms with Gasteiger partial charge < -0.3 is 9.47 Å². The van der Waals surface area contributed by atoms with Gasteiger partial charge in [-0.3, -0.25) is 0 Å². The Bertz CT molecular complexity index is 317. The number of aromatic nitrogens is 1. The monoisotopic (exact) mass is 355 g/mol. The van der Waals surface area contributed by atoms with Crippen LogP contribution >= 0.6 is 38.5 Å². The molecule has 0 N–H and O–H groups in total. The molecular formula is C8H7BrINO2. The summed E-state index contributed by atoms with van der Waals surface area (Å²) >= 11 is 5.50. The second-order valence-corrected chi connectivity index (χ2v) is 4.66. The van der Waals surface area contributed by atoms with Gasteiger partial charge in [-0.2, -0.15) is 0 Å². The van der Waals surface area contributed by atoms with Gasteiger partial charge in [0.25, 0.3) is 0 Å². The minimum absolute atomic E-state index is 0.199. The van der Waals surface area contributed by atoms with Crippen LogP contribution < -0.4 is 4.74 Å². The van der Waals surface area contributed by atoms with Crippen LogP contribution in [0.2, 0.25) is 0 Å². The molecule has 13 heavy (non-hydrogen) atoms. The summed E-state index contributed by atoms with van der Waals surface area (Å²) in [6, 6.07) is 1.92. The highest BCUT2D eigenvalue weighted by molar-refractivity contribution is 14.1. The highest BCUT2D eigenvalue weighted by Gasteiger charge is 2.21. The molecule has 1 aliphatic heterocycles. The number of nitrogens with zero attached hydrogens (tertiary/aromatic N) is 1. The van der Waals surface area contributed by atoms with Crippen LogP contribution in [0.5, 0.6) is 5.75 Å². The van der Waals surface area contributed by atoms with Gasteiger partial charge in [0.15, 0.2) is 5.75 Å². The fraction of sp³-hybridized carbons (Fsp3) is 0.375. The van der Waals surface area contributed by atoms with E-state index in [2.05, 4.69) is 43.5 Å². The maximum absolute atomic E-state index is 5.64. The van der Waals surface area contributed by atoms with Crippen molar-refractivity contribution in [1.29, 1.82) is 0 Å². The average Bonchev–Trinajstić information content (AvgIpc) is 2.03. The number of rotatable bonds is 2. The number of hydrogen-bond acceptors (Lipinski definition) is 3. The third kappa shape index (κ3) is 2.32. The van der Waals surface area contributed by atoms with E-state index < -0.39 is 0 Å². The standard InChI is InChI=1S/C8H7BrINO2/c9-5-1-7(8(10)11-2-5)13-6-3-12-4-6/h1-2,6H,3-4H2. The summed E-state index contributed by atoms with van der Waals surface area (Å²) in [6.45, 7) is 1.37. The summed E-state index contributed by atoms with van der Waals surface area (Å²) in [5.74, 6) is 0.822. The average molecular weight is 356 g/mol. The summed E-state index contributed by atoms with van der Waals surface area (Å²) < 4.78 is 12.5. The van der Waals surface area contributed by atoms with Gasteiger partial charge in [-0.25, -0.2) is 4.98 Å². The summed E-state index contributed by atoms with van der Waals surface area (Å²) in [5.41, 5.74) is 0. The van der Waals surface area contributed by atoms with Gasteiger partial charge in [0.05, 0.1) is 13.2 Å². The van der Waals surface area contributed by atoms with Crippen LogP contribution in [0.4, 0.5) is 0 Å². The lowest BCUT2D eigenvalue weighted by molar-refractivity contribution is -0.0801. The molecule has 1 saturated heterocycles. The lowest BCUT2D eigenvalue weighted by Gasteiger charge is -2.26. The fourth-order valence-electron chi connectivity index (χ4n) is 0.948. The van der Waals surface area contributed by atoms with Crippen molar-refractivity contribution in [3.05, 3.63) is 20.4 Å². The van der Waals surface area contributed by atoms with E-state index in [4.69, 9.17) is 9.47 Å². The molecule has 0 aromatic carbocycles. The number of ether oxygens (including phenoxy) is 2. The quantitative estimate of drug-likeness (QED) is 0.602. The maximum Gasteiger partial charge on any atom is 0.152 e. The Morgan fingerprint density at radius 1 is 1.62 bits per heavy atom. The molecule has 0 unspecified atom stereocenters. The number of hydrogen-bond donors (Lipinski definition) is 0. The highest BCUT2D eigenvalue weighted by Crippen LogP contribution is 2.24. The number of pyridine rings is 1. The van der Waals surface area contributed by atoms with Crippen LogP contribution in [0.1, 0.15) is 0 Å². The van der Waals surface area contributed by atoms with Crippen molar-refractivity contribution in [2.24, 2.45) is 0 Å². The summed E-state index contributed by atoms with van der Waals surface area (Å²) in [5, 5.41) is 0. The van der Waals surface area contributed by atoms with Crippen LogP contribution in [0.25, 0.3) is 0 Å². The van der Waals surface area contributed by atoms with Gasteiger partial charge in [-0.1, -0.05) is 0 Å². The third-order valence-corrected chi connectivity index (χ3v) is 2.92. The summed E-state index contributed by atoms with van der Waals surface area (Å²) in [4.78, 5) is 4.16. The zero-order chi connectivity index (χ0) is 9.26. The normalized spacial score (nSPS) is 16.8. The van der Waals surface area contributed by atoms with Crippen LogP contribution in [0.15, 0.2) is 16.7 Å². The molecule has 0 amide bonds. The first kappa shape index (κ1) is 9.67. The van der Waals surface area contributed by atoms with Gasteiger partial charge in [0.2, 0.25) is 0 Å². The van der Waals surface area contributed by atoms with Gasteiger partial charge in [0, 0.05) is 10.7 Å². The van der Waals surface area contributed by atoms with Gasteiger partial charge in [-0.05, 0) is 44.6 Å². The van der Waals surface area contributed by atoms with E-state index in [1.54, 1.807) is 6.20 Å².